The summed E-state index contributed by atoms with van der Waals surface area (Å²) in [7, 11) is 0. The van der Waals surface area contributed by atoms with Crippen LogP contribution in [0.5, 0.6) is 0 Å². The molecule has 0 spiro atoms. The molecule has 0 aromatic rings. The lowest BCUT2D eigenvalue weighted by molar-refractivity contribution is -0.116. The molecule has 0 aliphatic heterocycles. The Morgan fingerprint density at radius 2 is 2.27 bits per heavy atom. The van der Waals surface area contributed by atoms with Gasteiger partial charge >= 0.3 is 0 Å². The predicted octanol–water partition coefficient (Wildman–Crippen LogP) is 1.23. The first-order valence-electron chi connectivity index (χ1n) is 3.32. The largest absolute Gasteiger partial charge is 0.329 e. The smallest absolute Gasteiger partial charge is 0.256 e. The minimum Gasteiger partial charge on any atom is -0.329 e. The molecule has 0 heterocycles. The SMILES string of the molecule is C=CNC(=O)C(=C)C(=N)CC. The maximum absolute atomic E-state index is 10.9. The number of nitrogens with one attached hydrogen (secondary N) is 2. The highest BCUT2D eigenvalue weighted by Gasteiger charge is 2.07. The van der Waals surface area contributed by atoms with Crippen LogP contribution in [0.25, 0.3) is 0 Å². The Morgan fingerprint density at radius 1 is 1.73 bits per heavy atom. The van der Waals surface area contributed by atoms with Crippen molar-refractivity contribution < 1.29 is 4.79 Å². The maximum atomic E-state index is 10.9. The van der Waals surface area contributed by atoms with Gasteiger partial charge in [-0.05, 0) is 12.6 Å². The molecule has 0 unspecified atom stereocenters. The summed E-state index contributed by atoms with van der Waals surface area (Å²) >= 11 is 0. The van der Waals surface area contributed by atoms with E-state index in [4.69, 9.17) is 5.41 Å². The van der Waals surface area contributed by atoms with Crippen molar-refractivity contribution in [2.75, 3.05) is 0 Å². The second-order valence-corrected chi connectivity index (χ2v) is 1.99. The third-order valence-electron chi connectivity index (χ3n) is 1.23. The normalized spacial score (nSPS) is 8.45. The Balaban J connectivity index is 4.13. The zero-order valence-corrected chi connectivity index (χ0v) is 6.61. The Hall–Kier alpha value is -1.38. The van der Waals surface area contributed by atoms with Gasteiger partial charge in [0.2, 0.25) is 0 Å². The monoisotopic (exact) mass is 152 g/mol. The summed E-state index contributed by atoms with van der Waals surface area (Å²) in [6.07, 6.45) is 1.79. The number of hydrogen-bond donors (Lipinski definition) is 2. The Labute approximate surface area is 66.3 Å². The molecular weight excluding hydrogens is 140 g/mol. The van der Waals surface area contributed by atoms with Crippen LogP contribution in [0.3, 0.4) is 0 Å². The lowest BCUT2D eigenvalue weighted by atomic mass is 10.1. The minimum atomic E-state index is -0.355. The fourth-order valence-corrected chi connectivity index (χ4v) is 0.530. The molecule has 60 valence electrons. The van der Waals surface area contributed by atoms with Crippen molar-refractivity contribution in [3.8, 4) is 0 Å². The molecule has 0 saturated heterocycles. The summed E-state index contributed by atoms with van der Waals surface area (Å²) in [5.74, 6) is -0.355. The Bertz CT molecular complexity index is 206. The van der Waals surface area contributed by atoms with Crippen LogP contribution in [-0.4, -0.2) is 11.6 Å². The van der Waals surface area contributed by atoms with Crippen LogP contribution in [0.4, 0.5) is 0 Å². The minimum absolute atomic E-state index is 0.201. The van der Waals surface area contributed by atoms with Crippen LogP contribution in [-0.2, 0) is 4.79 Å². The highest BCUT2D eigenvalue weighted by molar-refractivity contribution is 6.19. The van der Waals surface area contributed by atoms with Gasteiger partial charge in [0.05, 0.1) is 5.57 Å². The summed E-state index contributed by atoms with van der Waals surface area (Å²) in [5.41, 5.74) is 0.455. The molecule has 2 N–H and O–H groups in total. The van der Waals surface area contributed by atoms with Crippen molar-refractivity contribution in [1.29, 1.82) is 5.41 Å². The second-order valence-electron chi connectivity index (χ2n) is 1.99. The van der Waals surface area contributed by atoms with Gasteiger partial charge in [0.25, 0.3) is 5.91 Å². The first kappa shape index (κ1) is 9.62. The number of carbonyl (C=O) groups is 1. The molecule has 11 heavy (non-hydrogen) atoms. The van der Waals surface area contributed by atoms with E-state index in [9.17, 15) is 4.79 Å². The second kappa shape index (κ2) is 4.44. The molecule has 3 nitrogen and oxygen atoms in total. The standard InChI is InChI=1S/C8H12N2O/c1-4-7(9)6(3)8(11)10-5-2/h5,9H,2-4H2,1H3,(H,10,11). The van der Waals surface area contributed by atoms with Crippen molar-refractivity contribution in [3.05, 3.63) is 24.9 Å². The summed E-state index contributed by atoms with van der Waals surface area (Å²) in [6.45, 7) is 8.58. The van der Waals surface area contributed by atoms with Crippen LogP contribution in [0.15, 0.2) is 24.9 Å². The van der Waals surface area contributed by atoms with Crippen LogP contribution in [0, 0.1) is 5.41 Å². The van der Waals surface area contributed by atoms with Crippen LogP contribution < -0.4 is 5.32 Å². The molecule has 0 aromatic heterocycles. The highest BCUT2D eigenvalue weighted by atomic mass is 16.1. The maximum Gasteiger partial charge on any atom is 0.256 e. The lowest BCUT2D eigenvalue weighted by Crippen LogP contribution is -2.22. The van der Waals surface area contributed by atoms with Gasteiger partial charge in [-0.25, -0.2) is 0 Å². The van der Waals surface area contributed by atoms with Crippen molar-refractivity contribution >= 4 is 11.6 Å². The Kier molecular flexibility index (Phi) is 3.88. The number of rotatable bonds is 4. The van der Waals surface area contributed by atoms with Gasteiger partial charge in [-0.3, -0.25) is 4.79 Å². The third-order valence-corrected chi connectivity index (χ3v) is 1.23. The van der Waals surface area contributed by atoms with Gasteiger partial charge in [0.15, 0.2) is 0 Å². The van der Waals surface area contributed by atoms with Gasteiger partial charge in [-0.1, -0.05) is 20.1 Å². The number of carbonyl (C=O) groups excluding carboxylic acids is 1. The zero-order chi connectivity index (χ0) is 8.85. The molecule has 0 rings (SSSR count). The highest BCUT2D eigenvalue weighted by Crippen LogP contribution is 1.96. The molecule has 0 atom stereocenters. The molecular formula is C8H12N2O. The predicted molar refractivity (Wildman–Crippen MR) is 45.5 cm³/mol. The van der Waals surface area contributed by atoms with Crippen molar-refractivity contribution in [2.24, 2.45) is 0 Å². The van der Waals surface area contributed by atoms with Gasteiger partial charge in [-0.15, -0.1) is 0 Å². The molecule has 0 radical (unpaired) electrons. The van der Waals surface area contributed by atoms with E-state index < -0.39 is 0 Å². The van der Waals surface area contributed by atoms with E-state index in [0.717, 1.165) is 0 Å². The van der Waals surface area contributed by atoms with Crippen LogP contribution in [0.1, 0.15) is 13.3 Å². The van der Waals surface area contributed by atoms with E-state index in [1.807, 2.05) is 0 Å². The molecule has 3 heteroatoms. The lowest BCUT2D eigenvalue weighted by Gasteiger charge is -2.02. The molecule has 0 fully saturated rings. The van der Waals surface area contributed by atoms with E-state index in [-0.39, 0.29) is 17.2 Å². The van der Waals surface area contributed by atoms with Gasteiger partial charge in [-0.2, -0.15) is 0 Å². The van der Waals surface area contributed by atoms with E-state index in [1.54, 1.807) is 6.92 Å². The molecule has 0 aromatic carbocycles. The molecule has 0 aliphatic rings. The zero-order valence-electron chi connectivity index (χ0n) is 6.61. The first-order chi connectivity index (χ1) is 5.13. The van der Waals surface area contributed by atoms with E-state index in [2.05, 4.69) is 18.5 Å². The molecule has 0 bridgehead atoms. The summed E-state index contributed by atoms with van der Waals surface area (Å²) in [5, 5.41) is 9.60. The average molecular weight is 152 g/mol. The van der Waals surface area contributed by atoms with Crippen molar-refractivity contribution in [2.45, 2.75) is 13.3 Å². The van der Waals surface area contributed by atoms with Gasteiger partial charge in [0, 0.05) is 5.71 Å². The van der Waals surface area contributed by atoms with Gasteiger partial charge < -0.3 is 10.7 Å². The third kappa shape index (κ3) is 2.80. The fourth-order valence-electron chi connectivity index (χ4n) is 0.530. The number of hydrogen-bond acceptors (Lipinski definition) is 2. The van der Waals surface area contributed by atoms with Gasteiger partial charge in [0.1, 0.15) is 0 Å². The van der Waals surface area contributed by atoms with E-state index in [0.29, 0.717) is 6.42 Å². The molecule has 1 amide bonds. The van der Waals surface area contributed by atoms with E-state index in [1.165, 1.54) is 6.20 Å². The quantitative estimate of drug-likeness (QED) is 0.462. The fraction of sp³-hybridized carbons (Fsp3) is 0.250. The average Bonchev–Trinajstić information content (AvgIpc) is 2.02. The van der Waals surface area contributed by atoms with Crippen LogP contribution in [0.2, 0.25) is 0 Å². The van der Waals surface area contributed by atoms with Crippen molar-refractivity contribution in [3.63, 3.8) is 0 Å². The van der Waals surface area contributed by atoms with Crippen LogP contribution >= 0.6 is 0 Å². The topological polar surface area (TPSA) is 53.0 Å². The first-order valence-corrected chi connectivity index (χ1v) is 3.32. The van der Waals surface area contributed by atoms with E-state index >= 15 is 0 Å². The summed E-state index contributed by atoms with van der Waals surface area (Å²) in [6, 6.07) is 0. The Morgan fingerprint density at radius 3 is 2.64 bits per heavy atom. The molecule has 0 aliphatic carbocycles. The molecule has 0 saturated carbocycles. The summed E-state index contributed by atoms with van der Waals surface area (Å²) < 4.78 is 0. The number of amides is 1. The van der Waals surface area contributed by atoms with Crippen molar-refractivity contribution in [1.82, 2.24) is 5.32 Å². The summed E-state index contributed by atoms with van der Waals surface area (Å²) in [4.78, 5) is 10.9.